The molecule has 6 nitrogen and oxygen atoms in total. The number of ether oxygens (including phenoxy) is 1. The number of carbonyl (C=O) groups is 1. The molecule has 3 rings (SSSR count). The monoisotopic (exact) mass is 360 g/mol. The highest BCUT2D eigenvalue weighted by Gasteiger charge is 2.23. The van der Waals surface area contributed by atoms with Crippen LogP contribution in [0, 0.1) is 5.82 Å². The molecule has 0 unspecified atom stereocenters. The number of nitrogens with one attached hydrogen (secondary N) is 1. The number of halogens is 1. The molecule has 2 heterocycles. The summed E-state index contributed by atoms with van der Waals surface area (Å²) in [6.07, 6.45) is 5.66. The molecule has 1 N–H and O–H groups in total. The summed E-state index contributed by atoms with van der Waals surface area (Å²) in [5.41, 5.74) is 0.997. The van der Waals surface area contributed by atoms with Gasteiger partial charge in [-0.05, 0) is 24.6 Å². The van der Waals surface area contributed by atoms with E-state index in [9.17, 15) is 9.18 Å². The molecule has 0 bridgehead atoms. The van der Waals surface area contributed by atoms with Crippen molar-refractivity contribution in [1.82, 2.24) is 19.8 Å². The average molecular weight is 360 g/mol. The van der Waals surface area contributed by atoms with Gasteiger partial charge >= 0.3 is 0 Å². The molecule has 1 aliphatic heterocycles. The second kappa shape index (κ2) is 8.91. The fourth-order valence-electron chi connectivity index (χ4n) is 3.22. The molecule has 0 saturated carbocycles. The van der Waals surface area contributed by atoms with E-state index in [1.807, 2.05) is 17.7 Å². The van der Waals surface area contributed by atoms with Crippen molar-refractivity contribution in [1.29, 1.82) is 0 Å². The number of hydrogen-bond acceptors (Lipinski definition) is 4. The van der Waals surface area contributed by atoms with Gasteiger partial charge in [0.25, 0.3) is 0 Å². The number of nitrogens with zero attached hydrogens (tertiary/aromatic N) is 3. The van der Waals surface area contributed by atoms with E-state index in [-0.39, 0.29) is 23.8 Å². The first kappa shape index (κ1) is 18.5. The molecular weight excluding hydrogens is 335 g/mol. The zero-order valence-electron chi connectivity index (χ0n) is 15.0. The van der Waals surface area contributed by atoms with Gasteiger partial charge in [0.1, 0.15) is 5.82 Å². The van der Waals surface area contributed by atoms with Crippen LogP contribution in [0.1, 0.15) is 31.0 Å². The van der Waals surface area contributed by atoms with Crippen LogP contribution in [0.3, 0.4) is 0 Å². The summed E-state index contributed by atoms with van der Waals surface area (Å²) in [7, 11) is 0. The maximum atomic E-state index is 13.3. The van der Waals surface area contributed by atoms with Crippen LogP contribution in [0.4, 0.5) is 4.39 Å². The van der Waals surface area contributed by atoms with Gasteiger partial charge in [-0.1, -0.05) is 12.1 Å². The van der Waals surface area contributed by atoms with Crippen LogP contribution >= 0.6 is 0 Å². The third-order valence-electron chi connectivity index (χ3n) is 4.75. The standard InChI is InChI=1S/C19H25FN4O2/c1-15(24-7-6-21-14-24)12-19(25)22-13-18(23-8-10-26-11-9-23)16-2-4-17(20)5-3-16/h2-7,14-15,18H,8-13H2,1H3,(H,22,25)/t15-,18+/m0/s1. The molecule has 1 aliphatic rings. The lowest BCUT2D eigenvalue weighted by atomic mass is 10.0. The fourth-order valence-corrected chi connectivity index (χ4v) is 3.22. The summed E-state index contributed by atoms with van der Waals surface area (Å²) in [6, 6.07) is 6.56. The molecule has 1 amide bonds. The predicted molar refractivity (Wildman–Crippen MR) is 96.1 cm³/mol. The van der Waals surface area contributed by atoms with Crippen molar-refractivity contribution in [2.45, 2.75) is 25.4 Å². The molecule has 2 aromatic rings. The van der Waals surface area contributed by atoms with E-state index in [0.717, 1.165) is 18.7 Å². The number of rotatable bonds is 7. The molecule has 140 valence electrons. The first-order chi connectivity index (χ1) is 12.6. The average Bonchev–Trinajstić information content (AvgIpc) is 3.19. The van der Waals surface area contributed by atoms with Gasteiger partial charge in [0.05, 0.1) is 25.6 Å². The Morgan fingerprint density at radius 3 is 2.69 bits per heavy atom. The number of aromatic nitrogens is 2. The first-order valence-corrected chi connectivity index (χ1v) is 8.95. The van der Waals surface area contributed by atoms with Crippen LogP contribution in [0.2, 0.25) is 0 Å². The van der Waals surface area contributed by atoms with Gasteiger partial charge in [0, 0.05) is 44.5 Å². The number of amides is 1. The molecule has 1 aromatic heterocycles. The van der Waals surface area contributed by atoms with E-state index in [1.165, 1.54) is 12.1 Å². The van der Waals surface area contributed by atoms with Crippen LogP contribution in [0.5, 0.6) is 0 Å². The van der Waals surface area contributed by atoms with Crippen LogP contribution < -0.4 is 5.32 Å². The molecule has 0 spiro atoms. The summed E-state index contributed by atoms with van der Waals surface area (Å²) in [4.78, 5) is 18.7. The molecule has 2 atom stereocenters. The van der Waals surface area contributed by atoms with Crippen LogP contribution in [0.15, 0.2) is 43.0 Å². The molecule has 7 heteroatoms. The second-order valence-electron chi connectivity index (χ2n) is 6.58. The Morgan fingerprint density at radius 1 is 1.31 bits per heavy atom. The largest absolute Gasteiger partial charge is 0.379 e. The smallest absolute Gasteiger partial charge is 0.222 e. The number of benzene rings is 1. The Bertz CT molecular complexity index is 684. The summed E-state index contributed by atoms with van der Waals surface area (Å²) < 4.78 is 20.6. The summed E-state index contributed by atoms with van der Waals surface area (Å²) in [5, 5.41) is 3.04. The van der Waals surface area contributed by atoms with Crippen LogP contribution in [-0.2, 0) is 9.53 Å². The van der Waals surface area contributed by atoms with Crippen molar-refractivity contribution in [3.05, 3.63) is 54.4 Å². The Morgan fingerprint density at radius 2 is 2.04 bits per heavy atom. The normalized spacial score (nSPS) is 17.6. The van der Waals surface area contributed by atoms with E-state index in [4.69, 9.17) is 4.74 Å². The lowest BCUT2D eigenvalue weighted by Gasteiger charge is -2.35. The number of imidazole rings is 1. The van der Waals surface area contributed by atoms with Gasteiger partial charge in [0.15, 0.2) is 0 Å². The SMILES string of the molecule is C[C@@H](CC(=O)NC[C@H](c1ccc(F)cc1)N1CCOCC1)n1ccnc1. The maximum absolute atomic E-state index is 13.3. The highest BCUT2D eigenvalue weighted by Crippen LogP contribution is 2.22. The Kier molecular flexibility index (Phi) is 6.35. The third-order valence-corrected chi connectivity index (χ3v) is 4.75. The quantitative estimate of drug-likeness (QED) is 0.822. The highest BCUT2D eigenvalue weighted by molar-refractivity contribution is 5.76. The van der Waals surface area contributed by atoms with Gasteiger partial charge in [-0.25, -0.2) is 9.37 Å². The van der Waals surface area contributed by atoms with E-state index in [1.54, 1.807) is 24.7 Å². The number of carbonyl (C=O) groups excluding carboxylic acids is 1. The Balaban J connectivity index is 1.61. The van der Waals surface area contributed by atoms with Gasteiger partial charge in [0.2, 0.25) is 5.91 Å². The number of morpholine rings is 1. The molecule has 1 saturated heterocycles. The van der Waals surface area contributed by atoms with Crippen molar-refractivity contribution < 1.29 is 13.9 Å². The fraction of sp³-hybridized carbons (Fsp3) is 0.474. The lowest BCUT2D eigenvalue weighted by molar-refractivity contribution is -0.122. The van der Waals surface area contributed by atoms with E-state index >= 15 is 0 Å². The topological polar surface area (TPSA) is 59.4 Å². The van der Waals surface area contributed by atoms with Crippen molar-refractivity contribution >= 4 is 5.91 Å². The molecule has 0 radical (unpaired) electrons. The summed E-state index contributed by atoms with van der Waals surface area (Å²) >= 11 is 0. The molecule has 0 aliphatic carbocycles. The third kappa shape index (κ3) is 4.89. The van der Waals surface area contributed by atoms with Gasteiger partial charge < -0.3 is 14.6 Å². The van der Waals surface area contributed by atoms with Crippen LogP contribution in [-0.4, -0.2) is 53.2 Å². The molecule has 26 heavy (non-hydrogen) atoms. The van der Waals surface area contributed by atoms with Crippen molar-refractivity contribution in [2.24, 2.45) is 0 Å². The molecule has 1 aromatic carbocycles. The zero-order valence-corrected chi connectivity index (χ0v) is 15.0. The van der Waals surface area contributed by atoms with Gasteiger partial charge in [-0.3, -0.25) is 9.69 Å². The van der Waals surface area contributed by atoms with E-state index in [0.29, 0.717) is 26.2 Å². The van der Waals surface area contributed by atoms with Gasteiger partial charge in [-0.2, -0.15) is 0 Å². The van der Waals surface area contributed by atoms with Crippen LogP contribution in [0.25, 0.3) is 0 Å². The summed E-state index contributed by atoms with van der Waals surface area (Å²) in [5.74, 6) is -0.265. The highest BCUT2D eigenvalue weighted by atomic mass is 19.1. The minimum Gasteiger partial charge on any atom is -0.379 e. The van der Waals surface area contributed by atoms with Crippen molar-refractivity contribution in [2.75, 3.05) is 32.8 Å². The minimum absolute atomic E-state index is 0.00648. The van der Waals surface area contributed by atoms with Gasteiger partial charge in [-0.15, -0.1) is 0 Å². The predicted octanol–water partition coefficient (Wildman–Crippen LogP) is 2.16. The Hall–Kier alpha value is -2.25. The second-order valence-corrected chi connectivity index (χ2v) is 6.58. The Labute approximate surface area is 153 Å². The van der Waals surface area contributed by atoms with E-state index < -0.39 is 0 Å². The molecule has 1 fully saturated rings. The lowest BCUT2D eigenvalue weighted by Crippen LogP contribution is -2.44. The number of hydrogen-bond donors (Lipinski definition) is 1. The molecular formula is C19H25FN4O2. The maximum Gasteiger partial charge on any atom is 0.222 e. The minimum atomic E-state index is -0.257. The summed E-state index contributed by atoms with van der Waals surface area (Å²) in [6.45, 7) is 5.40. The van der Waals surface area contributed by atoms with Crippen molar-refractivity contribution in [3.8, 4) is 0 Å². The first-order valence-electron chi connectivity index (χ1n) is 8.95. The van der Waals surface area contributed by atoms with Crippen molar-refractivity contribution in [3.63, 3.8) is 0 Å². The zero-order chi connectivity index (χ0) is 18.4. The van der Waals surface area contributed by atoms with E-state index in [2.05, 4.69) is 15.2 Å².